The van der Waals surface area contributed by atoms with Gasteiger partial charge in [0, 0.05) is 24.0 Å². The molecule has 4 rings (SSSR count). The summed E-state index contributed by atoms with van der Waals surface area (Å²) >= 11 is 0. The summed E-state index contributed by atoms with van der Waals surface area (Å²) in [5, 5.41) is 19.2. The number of benzene rings is 2. The molecule has 6 nitrogen and oxygen atoms in total. The van der Waals surface area contributed by atoms with Gasteiger partial charge >= 0.3 is 11.9 Å². The third kappa shape index (κ3) is 3.24. The molecule has 0 aliphatic carbocycles. The minimum Gasteiger partial charge on any atom is -0.485 e. The highest BCUT2D eigenvalue weighted by Crippen LogP contribution is 2.48. The molecule has 0 bridgehead atoms. The number of carboxylic acids is 2. The molecular formula is C24H22O6. The third-order valence-electron chi connectivity index (χ3n) is 5.55. The standard InChI is InChI=1S/C24H22O6/c1-11(2)19-9-13-5-15(23(25)26)7-17(21(13)29-19)18-8-16(24(27)28)6-14-10-20(12(3)4)30-22(14)18/h5-8,19-20H,1,3,9-10H2,2,4H3,(H,25,26)(H,27,28). The normalized spacial score (nSPS) is 18.7. The highest BCUT2D eigenvalue weighted by molar-refractivity contribution is 5.95. The van der Waals surface area contributed by atoms with Crippen LogP contribution < -0.4 is 9.47 Å². The van der Waals surface area contributed by atoms with Gasteiger partial charge in [-0.05, 0) is 60.4 Å². The lowest BCUT2D eigenvalue weighted by Gasteiger charge is -2.17. The largest absolute Gasteiger partial charge is 0.485 e. The second-order valence-corrected chi connectivity index (χ2v) is 7.95. The Hall–Kier alpha value is -3.54. The fourth-order valence-electron chi connectivity index (χ4n) is 3.92. The van der Waals surface area contributed by atoms with Gasteiger partial charge in [-0.15, -0.1) is 0 Å². The van der Waals surface area contributed by atoms with E-state index >= 15 is 0 Å². The summed E-state index contributed by atoms with van der Waals surface area (Å²) in [6.45, 7) is 11.6. The first kappa shape index (κ1) is 19.8. The average molecular weight is 406 g/mol. The van der Waals surface area contributed by atoms with Gasteiger partial charge in [0.1, 0.15) is 23.7 Å². The van der Waals surface area contributed by atoms with Crippen molar-refractivity contribution in [2.24, 2.45) is 0 Å². The predicted molar refractivity (Wildman–Crippen MR) is 112 cm³/mol. The maximum Gasteiger partial charge on any atom is 0.335 e. The van der Waals surface area contributed by atoms with Crippen molar-refractivity contribution in [2.75, 3.05) is 0 Å². The zero-order chi connectivity index (χ0) is 21.7. The third-order valence-corrected chi connectivity index (χ3v) is 5.55. The van der Waals surface area contributed by atoms with E-state index in [-0.39, 0.29) is 23.3 Å². The number of hydrogen-bond donors (Lipinski definition) is 2. The van der Waals surface area contributed by atoms with Crippen LogP contribution >= 0.6 is 0 Å². The van der Waals surface area contributed by atoms with Crippen molar-refractivity contribution in [1.82, 2.24) is 0 Å². The Morgan fingerprint density at radius 3 is 1.47 bits per heavy atom. The highest BCUT2D eigenvalue weighted by Gasteiger charge is 2.33. The Balaban J connectivity index is 1.96. The Morgan fingerprint density at radius 2 is 1.17 bits per heavy atom. The molecule has 154 valence electrons. The molecule has 0 radical (unpaired) electrons. The van der Waals surface area contributed by atoms with Crippen LogP contribution in [0, 0.1) is 0 Å². The van der Waals surface area contributed by atoms with E-state index in [1.165, 1.54) is 12.1 Å². The zero-order valence-corrected chi connectivity index (χ0v) is 16.8. The summed E-state index contributed by atoms with van der Waals surface area (Å²) in [6, 6.07) is 6.23. The quantitative estimate of drug-likeness (QED) is 0.710. The van der Waals surface area contributed by atoms with E-state index in [1.54, 1.807) is 12.1 Å². The fraction of sp³-hybridized carbons (Fsp3) is 0.250. The molecule has 0 amide bonds. The molecule has 6 heteroatoms. The van der Waals surface area contributed by atoms with Crippen molar-refractivity contribution >= 4 is 11.9 Å². The first-order valence-corrected chi connectivity index (χ1v) is 9.60. The molecule has 2 aromatic carbocycles. The first-order chi connectivity index (χ1) is 14.2. The number of rotatable bonds is 5. The van der Waals surface area contributed by atoms with Gasteiger partial charge in [0.2, 0.25) is 0 Å². The minimum atomic E-state index is -1.07. The molecular weight excluding hydrogens is 384 g/mol. The lowest BCUT2D eigenvalue weighted by Crippen LogP contribution is -2.13. The monoisotopic (exact) mass is 406 g/mol. The van der Waals surface area contributed by atoms with Crippen LogP contribution in [0.2, 0.25) is 0 Å². The van der Waals surface area contributed by atoms with Crippen LogP contribution in [0.15, 0.2) is 48.6 Å². The second kappa shape index (κ2) is 7.06. The Morgan fingerprint density at radius 1 is 0.800 bits per heavy atom. The van der Waals surface area contributed by atoms with Gasteiger partial charge in [0.15, 0.2) is 0 Å². The van der Waals surface area contributed by atoms with Crippen molar-refractivity contribution in [3.05, 3.63) is 70.8 Å². The van der Waals surface area contributed by atoms with E-state index in [9.17, 15) is 19.8 Å². The number of aromatic carboxylic acids is 2. The summed E-state index contributed by atoms with van der Waals surface area (Å²) in [7, 11) is 0. The minimum absolute atomic E-state index is 0.110. The molecule has 0 aromatic heterocycles. The second-order valence-electron chi connectivity index (χ2n) is 7.95. The fourth-order valence-corrected chi connectivity index (χ4v) is 3.92. The maximum atomic E-state index is 11.8. The highest BCUT2D eigenvalue weighted by atomic mass is 16.5. The molecule has 2 unspecified atom stereocenters. The molecule has 2 atom stereocenters. The number of ether oxygens (including phenoxy) is 2. The van der Waals surface area contributed by atoms with Crippen LogP contribution in [-0.2, 0) is 12.8 Å². The van der Waals surface area contributed by atoms with Crippen molar-refractivity contribution < 1.29 is 29.3 Å². The van der Waals surface area contributed by atoms with Crippen LogP contribution in [0.3, 0.4) is 0 Å². The van der Waals surface area contributed by atoms with Crippen LogP contribution in [0.5, 0.6) is 11.5 Å². The van der Waals surface area contributed by atoms with Gasteiger partial charge in [-0.1, -0.05) is 13.2 Å². The molecule has 2 aliphatic rings. The van der Waals surface area contributed by atoms with E-state index in [1.807, 2.05) is 13.8 Å². The average Bonchev–Trinajstić information content (AvgIpc) is 3.30. The number of fused-ring (bicyclic) bond motifs is 2. The summed E-state index contributed by atoms with van der Waals surface area (Å²) in [5.41, 5.74) is 4.40. The Kier molecular flexibility index (Phi) is 4.65. The van der Waals surface area contributed by atoms with Crippen LogP contribution in [-0.4, -0.2) is 34.4 Å². The zero-order valence-electron chi connectivity index (χ0n) is 16.8. The predicted octanol–water partition coefficient (Wildman–Crippen LogP) is 4.51. The number of hydrogen-bond acceptors (Lipinski definition) is 4. The van der Waals surface area contributed by atoms with Gasteiger partial charge in [-0.3, -0.25) is 0 Å². The van der Waals surface area contributed by atoms with Gasteiger partial charge < -0.3 is 19.7 Å². The lowest BCUT2D eigenvalue weighted by molar-refractivity contribution is 0.0686. The maximum absolute atomic E-state index is 11.8. The van der Waals surface area contributed by atoms with Gasteiger partial charge in [0.05, 0.1) is 11.1 Å². The van der Waals surface area contributed by atoms with E-state index in [2.05, 4.69) is 13.2 Å². The molecule has 2 heterocycles. The summed E-state index contributed by atoms with van der Waals surface area (Å²) in [6.07, 6.45) is 0.495. The molecule has 0 saturated carbocycles. The van der Waals surface area contributed by atoms with Crippen LogP contribution in [0.4, 0.5) is 0 Å². The van der Waals surface area contributed by atoms with E-state index < -0.39 is 11.9 Å². The lowest BCUT2D eigenvalue weighted by atomic mass is 9.93. The van der Waals surface area contributed by atoms with Gasteiger partial charge in [-0.2, -0.15) is 0 Å². The SMILES string of the molecule is C=C(C)C1Cc2cc(C(=O)O)cc(-c3cc(C(=O)O)cc4c3OC(C(=C)C)C4)c2O1. The van der Waals surface area contributed by atoms with Crippen molar-refractivity contribution in [3.63, 3.8) is 0 Å². The van der Waals surface area contributed by atoms with E-state index in [0.717, 1.165) is 22.3 Å². The van der Waals surface area contributed by atoms with Crippen LogP contribution in [0.1, 0.15) is 45.7 Å². The summed E-state index contributed by atoms with van der Waals surface area (Å²) in [4.78, 5) is 23.5. The topological polar surface area (TPSA) is 93.1 Å². The molecule has 2 aromatic rings. The number of carboxylic acid groups (broad SMARTS) is 2. The number of carbonyl (C=O) groups is 2. The molecule has 2 N–H and O–H groups in total. The van der Waals surface area contributed by atoms with E-state index in [4.69, 9.17) is 9.47 Å². The summed E-state index contributed by atoms with van der Waals surface area (Å²) < 4.78 is 12.2. The van der Waals surface area contributed by atoms with Crippen LogP contribution in [0.25, 0.3) is 11.1 Å². The first-order valence-electron chi connectivity index (χ1n) is 9.60. The van der Waals surface area contributed by atoms with Gasteiger partial charge in [-0.25, -0.2) is 9.59 Å². The molecule has 30 heavy (non-hydrogen) atoms. The van der Waals surface area contributed by atoms with Crippen molar-refractivity contribution in [2.45, 2.75) is 38.9 Å². The molecule has 0 fully saturated rings. The molecule has 2 aliphatic heterocycles. The van der Waals surface area contributed by atoms with Gasteiger partial charge in [0.25, 0.3) is 0 Å². The molecule has 0 spiro atoms. The Bertz CT molecular complexity index is 1040. The van der Waals surface area contributed by atoms with Crippen molar-refractivity contribution in [3.8, 4) is 22.6 Å². The Labute approximate surface area is 174 Å². The van der Waals surface area contributed by atoms with E-state index in [0.29, 0.717) is 35.5 Å². The molecule has 0 saturated heterocycles. The summed E-state index contributed by atoms with van der Waals surface area (Å²) in [5.74, 6) is -1.05. The van der Waals surface area contributed by atoms with Crippen molar-refractivity contribution in [1.29, 1.82) is 0 Å². The smallest absolute Gasteiger partial charge is 0.335 e.